The minimum Gasteiger partial charge on any atom is -0.388 e. The Morgan fingerprint density at radius 1 is 1.35 bits per heavy atom. The molecule has 0 radical (unpaired) electrons. The zero-order chi connectivity index (χ0) is 18.4. The van der Waals surface area contributed by atoms with Crippen LogP contribution in [0.3, 0.4) is 0 Å². The second-order valence-corrected chi connectivity index (χ2v) is 6.95. The number of aliphatic hydroxyl groups is 1. The summed E-state index contributed by atoms with van der Waals surface area (Å²) in [4.78, 5) is 16.5. The third kappa shape index (κ3) is 4.74. The van der Waals surface area contributed by atoms with E-state index < -0.39 is 5.60 Å². The fourth-order valence-corrected chi connectivity index (χ4v) is 3.38. The van der Waals surface area contributed by atoms with Gasteiger partial charge in [-0.3, -0.25) is 9.79 Å². The Kier molecular flexibility index (Phi) is 6.11. The fraction of sp³-hybridized carbons (Fsp3) is 0.579. The van der Waals surface area contributed by atoms with Crippen molar-refractivity contribution in [3.63, 3.8) is 0 Å². The van der Waals surface area contributed by atoms with E-state index in [0.29, 0.717) is 51.5 Å². The van der Waals surface area contributed by atoms with Crippen LogP contribution in [0.2, 0.25) is 0 Å². The number of fused-ring (bicyclic) bond motifs is 1. The van der Waals surface area contributed by atoms with Crippen LogP contribution >= 0.6 is 0 Å². The lowest BCUT2D eigenvalue weighted by atomic mass is 9.90. The van der Waals surface area contributed by atoms with Gasteiger partial charge in [0.15, 0.2) is 5.96 Å². The summed E-state index contributed by atoms with van der Waals surface area (Å²) in [5.74, 6) is 0.791. The van der Waals surface area contributed by atoms with E-state index >= 15 is 0 Å². The molecule has 1 amide bonds. The van der Waals surface area contributed by atoms with Gasteiger partial charge >= 0.3 is 0 Å². The third-order valence-corrected chi connectivity index (χ3v) is 4.92. The number of benzene rings is 1. The predicted octanol–water partition coefficient (Wildman–Crippen LogP) is 1.21. The van der Waals surface area contributed by atoms with Crippen LogP contribution in [0.4, 0.5) is 5.69 Å². The van der Waals surface area contributed by atoms with E-state index in [0.717, 1.165) is 17.8 Å². The molecule has 0 aromatic heterocycles. The minimum atomic E-state index is -0.794. The molecule has 0 aliphatic carbocycles. The van der Waals surface area contributed by atoms with Crippen molar-refractivity contribution < 1.29 is 14.6 Å². The van der Waals surface area contributed by atoms with Crippen molar-refractivity contribution in [3.05, 3.63) is 29.8 Å². The quantitative estimate of drug-likeness (QED) is 0.468. The van der Waals surface area contributed by atoms with Gasteiger partial charge in [-0.25, -0.2) is 0 Å². The lowest BCUT2D eigenvalue weighted by Crippen LogP contribution is -2.43. The maximum atomic E-state index is 12.0. The van der Waals surface area contributed by atoms with Gasteiger partial charge in [0.05, 0.1) is 12.1 Å². The van der Waals surface area contributed by atoms with E-state index in [1.807, 2.05) is 25.1 Å². The first-order valence-corrected chi connectivity index (χ1v) is 9.31. The van der Waals surface area contributed by atoms with E-state index in [4.69, 9.17) is 4.74 Å². The first-order valence-electron chi connectivity index (χ1n) is 9.31. The van der Waals surface area contributed by atoms with E-state index in [1.165, 1.54) is 0 Å². The molecule has 2 aliphatic rings. The molecule has 1 aromatic carbocycles. The molecule has 1 unspecified atom stereocenters. The third-order valence-electron chi connectivity index (χ3n) is 4.92. The molecule has 7 heteroatoms. The number of amides is 1. The number of hydrogen-bond donors (Lipinski definition) is 4. The molecule has 0 saturated carbocycles. The van der Waals surface area contributed by atoms with Crippen molar-refractivity contribution in [1.82, 2.24) is 10.6 Å². The van der Waals surface area contributed by atoms with Gasteiger partial charge in [0.25, 0.3) is 0 Å². The number of carbonyl (C=O) groups excluding carboxylic acids is 1. The van der Waals surface area contributed by atoms with Crippen LogP contribution < -0.4 is 16.0 Å². The summed E-state index contributed by atoms with van der Waals surface area (Å²) in [6.07, 6.45) is 1.66. The number of guanidine groups is 1. The van der Waals surface area contributed by atoms with E-state index in [-0.39, 0.29) is 11.8 Å². The van der Waals surface area contributed by atoms with E-state index in [2.05, 4.69) is 27.0 Å². The van der Waals surface area contributed by atoms with Gasteiger partial charge in [-0.2, -0.15) is 0 Å². The monoisotopic (exact) mass is 360 g/mol. The lowest BCUT2D eigenvalue weighted by molar-refractivity contribution is -0.116. The lowest BCUT2D eigenvalue weighted by Gasteiger charge is -2.31. The smallest absolute Gasteiger partial charge is 0.225 e. The van der Waals surface area contributed by atoms with Crippen LogP contribution in [0.1, 0.15) is 37.7 Å². The van der Waals surface area contributed by atoms with E-state index in [1.54, 1.807) is 0 Å². The number of anilines is 1. The molecule has 142 valence electrons. The normalized spacial score (nSPS) is 22.3. The van der Waals surface area contributed by atoms with Crippen LogP contribution in [-0.2, 0) is 9.53 Å². The summed E-state index contributed by atoms with van der Waals surface area (Å²) in [6.45, 7) is 4.83. The number of nitrogens with zero attached hydrogens (tertiary/aromatic N) is 1. The topological polar surface area (TPSA) is 95.0 Å². The van der Waals surface area contributed by atoms with Crippen LogP contribution in [0.15, 0.2) is 29.3 Å². The number of para-hydroxylation sites is 1. The Hall–Kier alpha value is -2.12. The fourth-order valence-electron chi connectivity index (χ4n) is 3.38. The zero-order valence-corrected chi connectivity index (χ0v) is 15.3. The predicted molar refractivity (Wildman–Crippen MR) is 101 cm³/mol. The summed E-state index contributed by atoms with van der Waals surface area (Å²) in [5, 5.41) is 20.0. The Balaban J connectivity index is 1.63. The maximum absolute atomic E-state index is 12.0. The molecule has 1 aromatic rings. The summed E-state index contributed by atoms with van der Waals surface area (Å²) in [5.41, 5.74) is 1.23. The summed E-state index contributed by atoms with van der Waals surface area (Å²) in [7, 11) is 0. The SMILES string of the molecule is CCNC(=NCC1(O)CCOCC1)NCC1CC(=O)Nc2ccccc21. The van der Waals surface area contributed by atoms with Gasteiger partial charge in [-0.05, 0) is 18.6 Å². The van der Waals surface area contributed by atoms with Gasteiger partial charge in [0, 0.05) is 57.2 Å². The van der Waals surface area contributed by atoms with Crippen LogP contribution in [0, 0.1) is 0 Å². The molecule has 2 heterocycles. The number of carbonyl (C=O) groups is 1. The minimum absolute atomic E-state index is 0.0361. The van der Waals surface area contributed by atoms with Gasteiger partial charge in [0.1, 0.15) is 0 Å². The molecule has 1 saturated heterocycles. The van der Waals surface area contributed by atoms with Crippen LogP contribution in [0.5, 0.6) is 0 Å². The van der Waals surface area contributed by atoms with Gasteiger partial charge in [0.2, 0.25) is 5.91 Å². The molecule has 4 N–H and O–H groups in total. The highest BCUT2D eigenvalue weighted by atomic mass is 16.5. The maximum Gasteiger partial charge on any atom is 0.225 e. The first kappa shape index (κ1) is 18.7. The summed E-state index contributed by atoms with van der Waals surface area (Å²) < 4.78 is 5.31. The number of hydrogen-bond acceptors (Lipinski definition) is 4. The highest BCUT2D eigenvalue weighted by molar-refractivity contribution is 5.94. The summed E-state index contributed by atoms with van der Waals surface area (Å²) in [6, 6.07) is 7.90. The molecular weight excluding hydrogens is 332 g/mol. The Bertz CT molecular complexity index is 656. The molecule has 26 heavy (non-hydrogen) atoms. The van der Waals surface area contributed by atoms with Crippen molar-refractivity contribution in [1.29, 1.82) is 0 Å². The largest absolute Gasteiger partial charge is 0.388 e. The van der Waals surface area contributed by atoms with Crippen LogP contribution in [0.25, 0.3) is 0 Å². The number of ether oxygens (including phenoxy) is 1. The molecule has 0 spiro atoms. The van der Waals surface area contributed by atoms with Crippen molar-refractivity contribution in [2.24, 2.45) is 4.99 Å². The molecule has 1 fully saturated rings. The van der Waals surface area contributed by atoms with Crippen molar-refractivity contribution in [2.45, 2.75) is 37.7 Å². The number of rotatable bonds is 5. The van der Waals surface area contributed by atoms with E-state index in [9.17, 15) is 9.90 Å². The molecule has 3 rings (SSSR count). The second-order valence-electron chi connectivity index (χ2n) is 6.95. The highest BCUT2D eigenvalue weighted by Gasteiger charge is 2.30. The standard InChI is InChI=1S/C19H28N4O3/c1-2-20-18(22-13-19(25)7-9-26-10-8-19)21-12-14-11-17(24)23-16-6-4-3-5-15(14)16/h3-6,14,25H,2,7-13H2,1H3,(H,23,24)(H2,20,21,22). The molecule has 7 nitrogen and oxygen atoms in total. The number of nitrogens with one attached hydrogen (secondary N) is 3. The Labute approximate surface area is 154 Å². The summed E-state index contributed by atoms with van der Waals surface area (Å²) >= 11 is 0. The van der Waals surface area contributed by atoms with Gasteiger partial charge in [-0.1, -0.05) is 18.2 Å². The van der Waals surface area contributed by atoms with Crippen molar-refractivity contribution >= 4 is 17.6 Å². The Morgan fingerprint density at radius 2 is 2.12 bits per heavy atom. The molecule has 1 atom stereocenters. The van der Waals surface area contributed by atoms with Gasteiger partial charge in [-0.15, -0.1) is 0 Å². The molecule has 2 aliphatic heterocycles. The average molecular weight is 360 g/mol. The average Bonchev–Trinajstić information content (AvgIpc) is 2.64. The molecule has 0 bridgehead atoms. The highest BCUT2D eigenvalue weighted by Crippen LogP contribution is 2.31. The Morgan fingerprint density at radius 3 is 2.88 bits per heavy atom. The van der Waals surface area contributed by atoms with Gasteiger partial charge < -0.3 is 25.8 Å². The zero-order valence-electron chi connectivity index (χ0n) is 15.3. The number of aliphatic imine (C=N–C) groups is 1. The van der Waals surface area contributed by atoms with Crippen molar-refractivity contribution in [3.8, 4) is 0 Å². The first-order chi connectivity index (χ1) is 12.6. The van der Waals surface area contributed by atoms with Crippen molar-refractivity contribution in [2.75, 3.05) is 38.2 Å². The molecular formula is C19H28N4O3. The van der Waals surface area contributed by atoms with Crippen LogP contribution in [-0.4, -0.2) is 55.4 Å². The second kappa shape index (κ2) is 8.51.